The average Bonchev–Trinajstić information content (AvgIpc) is 2.84. The highest BCUT2D eigenvalue weighted by Crippen LogP contribution is 2.30. The van der Waals surface area contributed by atoms with Crippen LogP contribution < -0.4 is 11.1 Å². The van der Waals surface area contributed by atoms with Gasteiger partial charge in [0.05, 0.1) is 0 Å². The Kier molecular flexibility index (Phi) is 3.66. The lowest BCUT2D eigenvalue weighted by Crippen LogP contribution is -2.41. The molecule has 108 valence electrons. The van der Waals surface area contributed by atoms with Gasteiger partial charge in [-0.2, -0.15) is 0 Å². The van der Waals surface area contributed by atoms with E-state index in [2.05, 4.69) is 10.2 Å². The molecule has 0 saturated carbocycles. The first-order valence-electron chi connectivity index (χ1n) is 7.56. The summed E-state index contributed by atoms with van der Waals surface area (Å²) in [6, 6.07) is 6.89. The Morgan fingerprint density at radius 2 is 2.15 bits per heavy atom. The number of aryl methyl sites for hydroxylation is 1. The monoisotopic (exact) mass is 273 g/mol. The van der Waals surface area contributed by atoms with Crippen LogP contribution in [0.5, 0.6) is 0 Å². The van der Waals surface area contributed by atoms with Crippen molar-refractivity contribution in [3.8, 4) is 0 Å². The van der Waals surface area contributed by atoms with E-state index in [-0.39, 0.29) is 5.91 Å². The Morgan fingerprint density at radius 3 is 2.90 bits per heavy atom. The van der Waals surface area contributed by atoms with E-state index >= 15 is 0 Å². The zero-order chi connectivity index (χ0) is 14.1. The summed E-state index contributed by atoms with van der Waals surface area (Å²) in [4.78, 5) is 13.8. The maximum atomic E-state index is 11.2. The van der Waals surface area contributed by atoms with Gasteiger partial charge in [-0.3, -0.25) is 9.69 Å². The Bertz CT molecular complexity index is 514. The van der Waals surface area contributed by atoms with Crippen molar-refractivity contribution in [1.29, 1.82) is 0 Å². The van der Waals surface area contributed by atoms with Crippen molar-refractivity contribution < 1.29 is 4.79 Å². The third-order valence-electron chi connectivity index (χ3n) is 4.71. The number of hydrogen-bond acceptors (Lipinski definition) is 3. The van der Waals surface area contributed by atoms with Gasteiger partial charge >= 0.3 is 0 Å². The van der Waals surface area contributed by atoms with Crippen LogP contribution in [-0.2, 0) is 0 Å². The Morgan fingerprint density at radius 1 is 1.30 bits per heavy atom. The third-order valence-corrected chi connectivity index (χ3v) is 4.71. The molecule has 2 aliphatic rings. The zero-order valence-electron chi connectivity index (χ0n) is 12.1. The molecule has 0 bridgehead atoms. The van der Waals surface area contributed by atoms with Crippen LogP contribution in [0, 0.1) is 6.92 Å². The topological polar surface area (TPSA) is 58.4 Å². The van der Waals surface area contributed by atoms with Gasteiger partial charge in [-0.05, 0) is 56.5 Å². The summed E-state index contributed by atoms with van der Waals surface area (Å²) < 4.78 is 0. The van der Waals surface area contributed by atoms with Gasteiger partial charge in [-0.1, -0.05) is 6.42 Å². The van der Waals surface area contributed by atoms with E-state index < -0.39 is 0 Å². The van der Waals surface area contributed by atoms with Crippen molar-refractivity contribution in [3.63, 3.8) is 0 Å². The first-order chi connectivity index (χ1) is 9.65. The first kappa shape index (κ1) is 13.4. The Hall–Kier alpha value is -1.55. The molecular weight excluding hydrogens is 250 g/mol. The van der Waals surface area contributed by atoms with Crippen LogP contribution in [0.25, 0.3) is 0 Å². The van der Waals surface area contributed by atoms with Gasteiger partial charge in [-0.15, -0.1) is 0 Å². The van der Waals surface area contributed by atoms with Gasteiger partial charge < -0.3 is 11.1 Å². The standard InChI is InChI=1S/C16H23N3O/c1-11-10-12(16(17)20)5-6-13(11)18-14-7-9-19-8-3-2-4-15(14)19/h5-6,10,14-15,18H,2-4,7-9H2,1H3,(H2,17,20). The van der Waals surface area contributed by atoms with E-state index in [0.29, 0.717) is 17.6 Å². The number of carbonyl (C=O) groups excluding carboxylic acids is 1. The number of hydrogen-bond donors (Lipinski definition) is 2. The summed E-state index contributed by atoms with van der Waals surface area (Å²) in [6.07, 6.45) is 5.20. The van der Waals surface area contributed by atoms with Crippen LogP contribution in [0.4, 0.5) is 5.69 Å². The summed E-state index contributed by atoms with van der Waals surface area (Å²) in [6.45, 7) is 4.49. The second-order valence-corrected chi connectivity index (χ2v) is 6.03. The van der Waals surface area contributed by atoms with Gasteiger partial charge in [0.25, 0.3) is 0 Å². The predicted octanol–water partition coefficient (Wildman–Crippen LogP) is 2.13. The van der Waals surface area contributed by atoms with Crippen LogP contribution in [0.3, 0.4) is 0 Å². The molecule has 3 N–H and O–H groups in total. The molecule has 2 unspecified atom stereocenters. The molecule has 2 atom stereocenters. The van der Waals surface area contributed by atoms with Crippen LogP contribution >= 0.6 is 0 Å². The van der Waals surface area contributed by atoms with Gasteiger partial charge in [0, 0.05) is 29.9 Å². The minimum absolute atomic E-state index is 0.362. The summed E-state index contributed by atoms with van der Waals surface area (Å²) >= 11 is 0. The number of rotatable bonds is 3. The lowest BCUT2D eigenvalue weighted by Gasteiger charge is -2.33. The van der Waals surface area contributed by atoms with Crippen LogP contribution in [0.1, 0.15) is 41.6 Å². The minimum Gasteiger partial charge on any atom is -0.380 e. The molecule has 3 rings (SSSR count). The van der Waals surface area contributed by atoms with E-state index in [4.69, 9.17) is 5.73 Å². The second kappa shape index (κ2) is 5.44. The lowest BCUT2D eigenvalue weighted by atomic mass is 9.98. The fraction of sp³-hybridized carbons (Fsp3) is 0.562. The molecule has 1 aromatic carbocycles. The molecule has 4 heteroatoms. The van der Waals surface area contributed by atoms with E-state index in [0.717, 1.165) is 11.3 Å². The summed E-state index contributed by atoms with van der Waals surface area (Å²) in [5, 5.41) is 3.68. The van der Waals surface area contributed by atoms with Crippen molar-refractivity contribution in [2.24, 2.45) is 5.73 Å². The maximum Gasteiger partial charge on any atom is 0.248 e. The number of primary amides is 1. The van der Waals surface area contributed by atoms with Crippen molar-refractivity contribution in [3.05, 3.63) is 29.3 Å². The molecule has 2 aliphatic heterocycles. The number of nitrogens with one attached hydrogen (secondary N) is 1. The van der Waals surface area contributed by atoms with Gasteiger partial charge in [-0.25, -0.2) is 0 Å². The number of carbonyl (C=O) groups is 1. The fourth-order valence-corrected chi connectivity index (χ4v) is 3.59. The summed E-state index contributed by atoms with van der Waals surface area (Å²) in [5.41, 5.74) is 8.12. The number of anilines is 1. The zero-order valence-corrected chi connectivity index (χ0v) is 12.1. The molecule has 0 aromatic heterocycles. The van der Waals surface area contributed by atoms with Crippen LogP contribution in [0.15, 0.2) is 18.2 Å². The first-order valence-corrected chi connectivity index (χ1v) is 7.56. The summed E-state index contributed by atoms with van der Waals surface area (Å²) in [5.74, 6) is -0.362. The predicted molar refractivity (Wildman–Crippen MR) is 80.9 cm³/mol. The normalized spacial score (nSPS) is 26.2. The van der Waals surface area contributed by atoms with Crippen molar-refractivity contribution in [1.82, 2.24) is 4.90 Å². The second-order valence-electron chi connectivity index (χ2n) is 6.03. The van der Waals surface area contributed by atoms with E-state index in [1.807, 2.05) is 25.1 Å². The van der Waals surface area contributed by atoms with Gasteiger partial charge in [0.2, 0.25) is 5.91 Å². The van der Waals surface area contributed by atoms with Gasteiger partial charge in [0.1, 0.15) is 0 Å². The number of piperidine rings is 1. The molecule has 4 nitrogen and oxygen atoms in total. The van der Waals surface area contributed by atoms with Crippen LogP contribution in [-0.4, -0.2) is 36.0 Å². The molecule has 0 radical (unpaired) electrons. The molecule has 1 amide bonds. The largest absolute Gasteiger partial charge is 0.380 e. The number of nitrogens with zero attached hydrogens (tertiary/aromatic N) is 1. The number of nitrogens with two attached hydrogens (primary N) is 1. The van der Waals surface area contributed by atoms with E-state index in [1.54, 1.807) is 0 Å². The number of fused-ring (bicyclic) bond motifs is 1. The fourth-order valence-electron chi connectivity index (χ4n) is 3.59. The number of benzene rings is 1. The van der Waals surface area contributed by atoms with Crippen molar-refractivity contribution >= 4 is 11.6 Å². The Labute approximate surface area is 120 Å². The molecule has 0 aliphatic carbocycles. The molecular formula is C16H23N3O. The van der Waals surface area contributed by atoms with Gasteiger partial charge in [0.15, 0.2) is 0 Å². The number of amides is 1. The van der Waals surface area contributed by atoms with Crippen LogP contribution in [0.2, 0.25) is 0 Å². The SMILES string of the molecule is Cc1cc(C(N)=O)ccc1NC1CCN2CCCCC12. The molecule has 1 aromatic rings. The Balaban J connectivity index is 1.73. The van der Waals surface area contributed by atoms with Crippen molar-refractivity contribution in [2.45, 2.75) is 44.7 Å². The molecule has 2 fully saturated rings. The quantitative estimate of drug-likeness (QED) is 0.887. The highest BCUT2D eigenvalue weighted by molar-refractivity contribution is 5.93. The van der Waals surface area contributed by atoms with E-state index in [1.165, 1.54) is 38.8 Å². The molecule has 20 heavy (non-hydrogen) atoms. The molecule has 0 spiro atoms. The van der Waals surface area contributed by atoms with E-state index in [9.17, 15) is 4.79 Å². The maximum absolute atomic E-state index is 11.2. The van der Waals surface area contributed by atoms with Crippen molar-refractivity contribution in [2.75, 3.05) is 18.4 Å². The highest BCUT2D eigenvalue weighted by atomic mass is 16.1. The third kappa shape index (κ3) is 2.52. The molecule has 2 saturated heterocycles. The lowest BCUT2D eigenvalue weighted by molar-refractivity contribution is 0.1000. The summed E-state index contributed by atoms with van der Waals surface area (Å²) in [7, 11) is 0. The smallest absolute Gasteiger partial charge is 0.248 e. The molecule has 2 heterocycles. The average molecular weight is 273 g/mol. The minimum atomic E-state index is -0.362. The highest BCUT2D eigenvalue weighted by Gasteiger charge is 2.35.